The van der Waals surface area contributed by atoms with E-state index in [1.54, 1.807) is 12.3 Å². The highest BCUT2D eigenvalue weighted by atomic mass is 79.9. The van der Waals surface area contributed by atoms with Gasteiger partial charge in [-0.1, -0.05) is 15.9 Å². The van der Waals surface area contributed by atoms with Gasteiger partial charge in [0.25, 0.3) is 0 Å². The van der Waals surface area contributed by atoms with Crippen LogP contribution >= 0.6 is 15.9 Å². The number of anilines is 1. The van der Waals surface area contributed by atoms with Gasteiger partial charge in [0.2, 0.25) is 0 Å². The van der Waals surface area contributed by atoms with Crippen LogP contribution in [0, 0.1) is 0 Å². The summed E-state index contributed by atoms with van der Waals surface area (Å²) < 4.78 is 0.947. The molecule has 0 aliphatic heterocycles. The molecule has 16 heavy (non-hydrogen) atoms. The summed E-state index contributed by atoms with van der Waals surface area (Å²) in [6, 6.07) is 7.45. The Bertz CT molecular complexity index is 542. The summed E-state index contributed by atoms with van der Waals surface area (Å²) in [5.74, 6) is -0.887. The zero-order valence-corrected chi connectivity index (χ0v) is 9.86. The predicted octanol–water partition coefficient (Wildman–Crippen LogP) is 2.49. The van der Waals surface area contributed by atoms with Crippen LogP contribution in [0.2, 0.25) is 0 Å². The molecule has 0 spiro atoms. The number of aliphatic carboxylic acids is 1. The number of carbonyl (C=O) groups is 1. The van der Waals surface area contributed by atoms with Gasteiger partial charge in [-0.2, -0.15) is 0 Å². The molecule has 0 saturated heterocycles. The molecule has 0 atom stereocenters. The first-order valence-electron chi connectivity index (χ1n) is 4.67. The molecule has 2 rings (SSSR count). The van der Waals surface area contributed by atoms with Crippen molar-refractivity contribution < 1.29 is 9.90 Å². The Kier molecular flexibility index (Phi) is 3.05. The average Bonchev–Trinajstić information content (AvgIpc) is 2.25. The van der Waals surface area contributed by atoms with E-state index in [-0.39, 0.29) is 6.54 Å². The predicted molar refractivity (Wildman–Crippen MR) is 65.6 cm³/mol. The van der Waals surface area contributed by atoms with E-state index in [1.165, 1.54) is 0 Å². The third-order valence-corrected chi connectivity index (χ3v) is 2.63. The van der Waals surface area contributed by atoms with Crippen LogP contribution in [0.1, 0.15) is 0 Å². The number of nitrogens with one attached hydrogen (secondary N) is 1. The maximum absolute atomic E-state index is 10.5. The highest BCUT2D eigenvalue weighted by Gasteiger charge is 2.03. The summed E-state index contributed by atoms with van der Waals surface area (Å²) in [5.41, 5.74) is 1.60. The molecule has 0 amide bonds. The van der Waals surface area contributed by atoms with Crippen molar-refractivity contribution in [2.75, 3.05) is 11.9 Å². The Morgan fingerprint density at radius 1 is 1.44 bits per heavy atom. The lowest BCUT2D eigenvalue weighted by Gasteiger charge is -2.07. The van der Waals surface area contributed by atoms with Crippen LogP contribution in [0.15, 0.2) is 34.9 Å². The number of fused-ring (bicyclic) bond motifs is 1. The Morgan fingerprint density at radius 2 is 2.25 bits per heavy atom. The van der Waals surface area contributed by atoms with Gasteiger partial charge in [-0.15, -0.1) is 0 Å². The molecule has 82 valence electrons. The molecule has 2 aromatic rings. The minimum Gasteiger partial charge on any atom is -0.480 e. The number of carboxylic acids is 1. The van der Waals surface area contributed by atoms with Gasteiger partial charge in [-0.05, 0) is 24.3 Å². The van der Waals surface area contributed by atoms with Crippen molar-refractivity contribution in [2.24, 2.45) is 0 Å². The fourth-order valence-electron chi connectivity index (χ4n) is 1.45. The number of nitrogens with zero attached hydrogens (tertiary/aromatic N) is 1. The molecule has 5 heteroatoms. The summed E-state index contributed by atoms with van der Waals surface area (Å²) >= 11 is 3.36. The zero-order chi connectivity index (χ0) is 11.5. The second-order valence-electron chi connectivity index (χ2n) is 3.27. The number of halogens is 1. The number of pyridine rings is 1. The molecule has 0 fully saturated rings. The van der Waals surface area contributed by atoms with E-state index in [0.29, 0.717) is 0 Å². The summed E-state index contributed by atoms with van der Waals surface area (Å²) in [7, 11) is 0. The Hall–Kier alpha value is -1.62. The third-order valence-electron chi connectivity index (χ3n) is 2.13. The molecule has 0 saturated carbocycles. The topological polar surface area (TPSA) is 62.2 Å². The third kappa shape index (κ3) is 2.30. The smallest absolute Gasteiger partial charge is 0.322 e. The van der Waals surface area contributed by atoms with Crippen LogP contribution < -0.4 is 5.32 Å². The van der Waals surface area contributed by atoms with Crippen LogP contribution in [0.4, 0.5) is 5.69 Å². The molecule has 0 radical (unpaired) electrons. The minimum absolute atomic E-state index is 0.102. The van der Waals surface area contributed by atoms with E-state index in [2.05, 4.69) is 26.2 Å². The molecule has 1 aromatic heterocycles. The fraction of sp³-hybridized carbons (Fsp3) is 0.0909. The molecule has 1 heterocycles. The molecule has 4 nitrogen and oxygen atoms in total. The van der Waals surface area contributed by atoms with Gasteiger partial charge in [-0.3, -0.25) is 9.78 Å². The van der Waals surface area contributed by atoms with Crippen LogP contribution in [-0.2, 0) is 4.79 Å². The molecule has 0 unspecified atom stereocenters. The number of hydrogen-bond acceptors (Lipinski definition) is 3. The first kappa shape index (κ1) is 10.9. The Morgan fingerprint density at radius 3 is 3.00 bits per heavy atom. The van der Waals surface area contributed by atoms with Crippen LogP contribution in [-0.4, -0.2) is 22.6 Å². The van der Waals surface area contributed by atoms with Gasteiger partial charge in [-0.25, -0.2) is 0 Å². The van der Waals surface area contributed by atoms with E-state index in [0.717, 1.165) is 21.1 Å². The van der Waals surface area contributed by atoms with Crippen LogP contribution in [0.3, 0.4) is 0 Å². The minimum atomic E-state index is -0.887. The number of benzene rings is 1. The Labute approximate surface area is 100 Å². The Balaban J connectivity index is 2.41. The van der Waals surface area contributed by atoms with Crippen LogP contribution in [0.5, 0.6) is 0 Å². The van der Waals surface area contributed by atoms with E-state index in [9.17, 15) is 4.79 Å². The fourth-order valence-corrected chi connectivity index (χ4v) is 1.80. The van der Waals surface area contributed by atoms with E-state index in [4.69, 9.17) is 5.11 Å². The van der Waals surface area contributed by atoms with Crippen molar-refractivity contribution in [3.05, 3.63) is 34.9 Å². The maximum atomic E-state index is 10.5. The molecule has 0 aliphatic carbocycles. The van der Waals surface area contributed by atoms with Crippen molar-refractivity contribution in [3.63, 3.8) is 0 Å². The van der Waals surface area contributed by atoms with Crippen molar-refractivity contribution in [1.82, 2.24) is 4.98 Å². The normalized spacial score (nSPS) is 10.3. The van der Waals surface area contributed by atoms with Crippen molar-refractivity contribution >= 4 is 38.5 Å². The first-order chi connectivity index (χ1) is 7.66. The molecule has 0 aliphatic rings. The highest BCUT2D eigenvalue weighted by Crippen LogP contribution is 2.24. The van der Waals surface area contributed by atoms with Gasteiger partial charge in [0, 0.05) is 21.7 Å². The second kappa shape index (κ2) is 4.49. The van der Waals surface area contributed by atoms with Gasteiger partial charge in [0.15, 0.2) is 0 Å². The van der Waals surface area contributed by atoms with Gasteiger partial charge < -0.3 is 10.4 Å². The zero-order valence-electron chi connectivity index (χ0n) is 8.27. The molecular weight excluding hydrogens is 272 g/mol. The summed E-state index contributed by atoms with van der Waals surface area (Å²) in [6.45, 7) is -0.102. The van der Waals surface area contributed by atoms with Crippen molar-refractivity contribution in [3.8, 4) is 0 Å². The van der Waals surface area contributed by atoms with E-state index >= 15 is 0 Å². The lowest BCUT2D eigenvalue weighted by atomic mass is 10.2. The van der Waals surface area contributed by atoms with Crippen molar-refractivity contribution in [1.29, 1.82) is 0 Å². The monoisotopic (exact) mass is 280 g/mol. The van der Waals surface area contributed by atoms with Crippen molar-refractivity contribution in [2.45, 2.75) is 0 Å². The lowest BCUT2D eigenvalue weighted by molar-refractivity contribution is -0.134. The molecule has 0 bridgehead atoms. The van der Waals surface area contributed by atoms with Gasteiger partial charge in [0.1, 0.15) is 6.54 Å². The lowest BCUT2D eigenvalue weighted by Crippen LogP contribution is -2.12. The van der Waals surface area contributed by atoms with E-state index < -0.39 is 5.97 Å². The summed E-state index contributed by atoms with van der Waals surface area (Å²) in [5, 5.41) is 12.4. The highest BCUT2D eigenvalue weighted by molar-refractivity contribution is 9.10. The second-order valence-corrected chi connectivity index (χ2v) is 4.18. The standard InChI is InChI=1S/C11H9BrN2O2/c12-7-1-2-8-9(14-6-11(15)16)3-4-13-10(8)5-7/h1-5H,6H2,(H,13,14)(H,15,16). The first-order valence-corrected chi connectivity index (χ1v) is 5.46. The summed E-state index contributed by atoms with van der Waals surface area (Å²) in [6.07, 6.45) is 1.65. The van der Waals surface area contributed by atoms with Gasteiger partial charge in [0.05, 0.1) is 5.52 Å². The number of aromatic nitrogens is 1. The summed E-state index contributed by atoms with van der Waals surface area (Å²) in [4.78, 5) is 14.7. The van der Waals surface area contributed by atoms with Gasteiger partial charge >= 0.3 is 5.97 Å². The SMILES string of the molecule is O=C(O)CNc1ccnc2cc(Br)ccc12. The number of hydrogen-bond donors (Lipinski definition) is 2. The number of rotatable bonds is 3. The van der Waals surface area contributed by atoms with E-state index in [1.807, 2.05) is 18.2 Å². The molecule has 2 N–H and O–H groups in total. The molecular formula is C11H9BrN2O2. The average molecular weight is 281 g/mol. The van der Waals surface area contributed by atoms with Crippen LogP contribution in [0.25, 0.3) is 10.9 Å². The maximum Gasteiger partial charge on any atom is 0.322 e. The largest absolute Gasteiger partial charge is 0.480 e. The quantitative estimate of drug-likeness (QED) is 0.907. The number of carboxylic acid groups (broad SMARTS) is 1. The molecule has 1 aromatic carbocycles.